The van der Waals surface area contributed by atoms with Gasteiger partial charge in [0.25, 0.3) is 0 Å². The fourth-order valence-electron chi connectivity index (χ4n) is 0. The molecule has 18 valence electrons. The largest absolute Gasteiger partial charge is 1.00 e. The van der Waals surface area contributed by atoms with Crippen molar-refractivity contribution in [3.8, 4) is 0 Å². The van der Waals surface area contributed by atoms with E-state index in [0.29, 0.717) is 0 Å². The van der Waals surface area contributed by atoms with Gasteiger partial charge >= 0.3 is 29.6 Å². The minimum absolute atomic E-state index is 0. The molecule has 4 heteroatoms. The summed E-state index contributed by atoms with van der Waals surface area (Å²) < 4.78 is 0. The van der Waals surface area contributed by atoms with Crippen LogP contribution in [0.4, 0.5) is 0 Å². The molecule has 4 heavy (non-hydrogen) atoms. The zero-order valence-corrected chi connectivity index (χ0v) is 9.65. The Morgan fingerprint density at radius 2 is 1.25 bits per heavy atom. The van der Waals surface area contributed by atoms with Crippen molar-refractivity contribution in [3.63, 3.8) is 0 Å². The van der Waals surface area contributed by atoms with Crippen LogP contribution in [0.5, 0.6) is 0 Å². The van der Waals surface area contributed by atoms with Crippen LogP contribution in [-0.2, 0) is 36.5 Å². The zero-order chi connectivity index (χ0) is 0. The van der Waals surface area contributed by atoms with Gasteiger partial charge < -0.3 is 1.43 Å². The summed E-state index contributed by atoms with van der Waals surface area (Å²) in [6.07, 6.45) is 0. The van der Waals surface area contributed by atoms with E-state index in [1.165, 1.54) is 0 Å². The van der Waals surface area contributed by atoms with E-state index in [9.17, 15) is 0 Å². The van der Waals surface area contributed by atoms with E-state index in [2.05, 4.69) is 0 Å². The standard InChI is InChI=1S/Al.Cu.Na.Zn.H/q;;+1;;-1. The van der Waals surface area contributed by atoms with Crippen LogP contribution in [0.3, 0.4) is 0 Å². The van der Waals surface area contributed by atoms with Gasteiger partial charge in [0.05, 0.1) is 0 Å². The van der Waals surface area contributed by atoms with Crippen LogP contribution in [-0.4, -0.2) is 17.4 Å². The van der Waals surface area contributed by atoms with E-state index in [-0.39, 0.29) is 84.9 Å². The minimum atomic E-state index is 0. The van der Waals surface area contributed by atoms with Crippen LogP contribution in [0.25, 0.3) is 0 Å². The second kappa shape index (κ2) is 17.3. The molecule has 0 aliphatic heterocycles. The van der Waals surface area contributed by atoms with Crippen molar-refractivity contribution in [2.24, 2.45) is 0 Å². The van der Waals surface area contributed by atoms with E-state index >= 15 is 0 Å². The maximum absolute atomic E-state index is 0. The molecule has 0 N–H and O–H groups in total. The molecule has 0 aromatic carbocycles. The van der Waals surface area contributed by atoms with Gasteiger partial charge in [-0.05, 0) is 0 Å². The summed E-state index contributed by atoms with van der Waals surface area (Å²) in [4.78, 5) is 0. The maximum Gasteiger partial charge on any atom is 1.00 e. The molecule has 0 amide bonds. The van der Waals surface area contributed by atoms with Gasteiger partial charge in [-0.25, -0.2) is 0 Å². The Bertz CT molecular complexity index is 11.6. The molecular weight excluding hydrogens is 179 g/mol. The van der Waals surface area contributed by atoms with Gasteiger partial charge in [-0.15, -0.1) is 0 Å². The second-order valence-electron chi connectivity index (χ2n) is 0. The monoisotopic (exact) mass is 178 g/mol. The van der Waals surface area contributed by atoms with Gasteiger partial charge in [0.15, 0.2) is 0 Å². The Hall–Kier alpha value is 2.68. The fourth-order valence-corrected chi connectivity index (χ4v) is 0. The van der Waals surface area contributed by atoms with Crippen LogP contribution in [0.2, 0.25) is 0 Å². The van der Waals surface area contributed by atoms with Crippen molar-refractivity contribution in [3.05, 3.63) is 0 Å². The zero-order valence-electron chi connectivity index (χ0n) is 3.59. The summed E-state index contributed by atoms with van der Waals surface area (Å²) in [5.74, 6) is 0. The van der Waals surface area contributed by atoms with Crippen molar-refractivity contribution in [2.75, 3.05) is 0 Å². The SMILES string of the molecule is [Al].[Cu].[H-].[Na+].[Zn]. The second-order valence-corrected chi connectivity index (χ2v) is 0. The van der Waals surface area contributed by atoms with Gasteiger partial charge in [0.2, 0.25) is 0 Å². The molecule has 0 aliphatic carbocycles. The molecule has 0 saturated carbocycles. The Kier molecular flexibility index (Phi) is 130. The van der Waals surface area contributed by atoms with E-state index in [1.807, 2.05) is 0 Å². The summed E-state index contributed by atoms with van der Waals surface area (Å²) in [5.41, 5.74) is 0. The van der Waals surface area contributed by atoms with Crippen molar-refractivity contribution < 1.29 is 67.5 Å². The van der Waals surface area contributed by atoms with E-state index in [1.54, 1.807) is 0 Å². The summed E-state index contributed by atoms with van der Waals surface area (Å²) in [6.45, 7) is 0. The molecule has 0 rings (SSSR count). The van der Waals surface area contributed by atoms with Gasteiger partial charge in [-0.1, -0.05) is 0 Å². The van der Waals surface area contributed by atoms with Crippen LogP contribution >= 0.6 is 0 Å². The first-order chi connectivity index (χ1) is 0. The minimum Gasteiger partial charge on any atom is -1.00 e. The Balaban J connectivity index is 0. The summed E-state index contributed by atoms with van der Waals surface area (Å²) in [7, 11) is 0. The average molecular weight is 180 g/mol. The average Bonchev–Trinajstić information content (AvgIpc) is 0. The van der Waals surface area contributed by atoms with Crippen molar-refractivity contribution >= 4 is 17.4 Å². The Morgan fingerprint density at radius 1 is 1.25 bits per heavy atom. The fraction of sp³-hybridized carbons (Fsp3) is 0. The molecule has 0 aromatic heterocycles. The number of rotatable bonds is 0. The molecule has 0 spiro atoms. The molecule has 0 nitrogen and oxygen atoms in total. The summed E-state index contributed by atoms with van der Waals surface area (Å²) in [5, 5.41) is 0. The summed E-state index contributed by atoms with van der Waals surface area (Å²) in [6, 6.07) is 0. The molecule has 0 aliphatic rings. The topological polar surface area (TPSA) is 0 Å². The number of hydrogen-bond acceptors (Lipinski definition) is 0. The predicted octanol–water partition coefficient (Wildman–Crippen LogP) is -3.27. The quantitative estimate of drug-likeness (QED) is 0.343. The van der Waals surface area contributed by atoms with E-state index in [4.69, 9.17) is 0 Å². The van der Waals surface area contributed by atoms with Crippen molar-refractivity contribution in [2.45, 2.75) is 0 Å². The first-order valence-electron chi connectivity index (χ1n) is 0. The molecule has 0 heterocycles. The third-order valence-electron chi connectivity index (χ3n) is 0. The van der Waals surface area contributed by atoms with Gasteiger partial charge in [-0.2, -0.15) is 0 Å². The molecule has 0 unspecified atom stereocenters. The smallest absolute Gasteiger partial charge is 1.00 e. The van der Waals surface area contributed by atoms with Crippen molar-refractivity contribution in [1.82, 2.24) is 0 Å². The van der Waals surface area contributed by atoms with Gasteiger partial charge in [0, 0.05) is 53.9 Å². The third-order valence-corrected chi connectivity index (χ3v) is 0. The summed E-state index contributed by atoms with van der Waals surface area (Å²) >= 11 is 0. The molecular formula is HAlCuNaZn. The van der Waals surface area contributed by atoms with Gasteiger partial charge in [-0.3, -0.25) is 0 Å². The van der Waals surface area contributed by atoms with Crippen LogP contribution in [0.1, 0.15) is 1.43 Å². The van der Waals surface area contributed by atoms with E-state index in [0.717, 1.165) is 0 Å². The van der Waals surface area contributed by atoms with Crippen LogP contribution < -0.4 is 29.6 Å². The number of hydrogen-bond donors (Lipinski definition) is 0. The Morgan fingerprint density at radius 3 is 1.25 bits per heavy atom. The maximum atomic E-state index is 0. The van der Waals surface area contributed by atoms with Crippen molar-refractivity contribution in [1.29, 1.82) is 0 Å². The first kappa shape index (κ1) is 30.0. The molecule has 4 radical (unpaired) electrons. The molecule has 0 atom stereocenters. The van der Waals surface area contributed by atoms with Crippen LogP contribution in [0.15, 0.2) is 0 Å². The normalized spacial score (nSPS) is 0. The first-order valence-corrected chi connectivity index (χ1v) is 0. The van der Waals surface area contributed by atoms with E-state index < -0.39 is 0 Å². The molecule has 0 saturated heterocycles. The molecule has 0 bridgehead atoms. The third kappa shape index (κ3) is 8.82. The Labute approximate surface area is 83.6 Å². The van der Waals surface area contributed by atoms with Crippen LogP contribution in [0, 0.1) is 0 Å². The molecule has 0 fully saturated rings. The molecule has 0 aromatic rings. The van der Waals surface area contributed by atoms with Gasteiger partial charge in [0.1, 0.15) is 0 Å². The predicted molar refractivity (Wildman–Crippen MR) is 6.87 cm³/mol.